The van der Waals surface area contributed by atoms with Crippen LogP contribution in [0, 0.1) is 5.41 Å². The Balaban J connectivity index is 1.96. The van der Waals surface area contributed by atoms with Crippen molar-refractivity contribution in [2.24, 2.45) is 5.41 Å². The highest BCUT2D eigenvalue weighted by Crippen LogP contribution is 2.44. The van der Waals surface area contributed by atoms with Crippen LogP contribution in [0.1, 0.15) is 20.3 Å². The average Bonchev–Trinajstić information content (AvgIpc) is 2.80. The van der Waals surface area contributed by atoms with E-state index < -0.39 is 0 Å². The monoisotopic (exact) mass is 282 g/mol. The van der Waals surface area contributed by atoms with Crippen molar-refractivity contribution in [1.82, 2.24) is 4.98 Å². The molecule has 1 heterocycles. The van der Waals surface area contributed by atoms with E-state index in [2.05, 4.69) is 24.1 Å². The molecule has 96 valence electrons. The minimum Gasteiger partial charge on any atom is -0.392 e. The Morgan fingerprint density at radius 3 is 2.94 bits per heavy atom. The Bertz CT molecular complexity index is 596. The predicted octanol–water partition coefficient (Wildman–Crippen LogP) is 3.52. The van der Waals surface area contributed by atoms with Gasteiger partial charge in [-0.3, -0.25) is 0 Å². The van der Waals surface area contributed by atoms with Crippen LogP contribution in [0.2, 0.25) is 5.02 Å². The Hall–Kier alpha value is -0.840. The summed E-state index contributed by atoms with van der Waals surface area (Å²) in [7, 11) is 0. The lowest BCUT2D eigenvalue weighted by molar-refractivity contribution is -0.0510. The fourth-order valence-corrected chi connectivity index (χ4v) is 3.26. The van der Waals surface area contributed by atoms with Gasteiger partial charge in [0.2, 0.25) is 0 Å². The summed E-state index contributed by atoms with van der Waals surface area (Å²) in [5, 5.41) is 13.9. The van der Waals surface area contributed by atoms with Crippen molar-refractivity contribution in [3.05, 3.63) is 22.7 Å². The quantitative estimate of drug-likeness (QED) is 0.886. The van der Waals surface area contributed by atoms with Gasteiger partial charge < -0.3 is 10.4 Å². The van der Waals surface area contributed by atoms with E-state index in [4.69, 9.17) is 11.6 Å². The average molecular weight is 283 g/mol. The third kappa shape index (κ3) is 1.71. The first-order chi connectivity index (χ1) is 8.50. The Morgan fingerprint density at radius 1 is 1.50 bits per heavy atom. The van der Waals surface area contributed by atoms with Crippen molar-refractivity contribution in [2.45, 2.75) is 32.4 Å². The van der Waals surface area contributed by atoms with E-state index in [1.54, 1.807) is 11.3 Å². The van der Waals surface area contributed by atoms with Crippen LogP contribution in [0.15, 0.2) is 17.6 Å². The lowest BCUT2D eigenvalue weighted by Gasteiger charge is -2.49. The summed E-state index contributed by atoms with van der Waals surface area (Å²) in [6.07, 6.45) is 0.507. The molecule has 0 aliphatic heterocycles. The molecule has 2 atom stereocenters. The molecular formula is C13H15ClN2OS. The van der Waals surface area contributed by atoms with Gasteiger partial charge in [-0.15, -0.1) is 11.3 Å². The SMILES string of the molecule is CC1(C)C(O)CC1Nc1c(Cl)ccc2scnc12. The molecule has 2 unspecified atom stereocenters. The molecule has 2 aromatic rings. The summed E-state index contributed by atoms with van der Waals surface area (Å²) in [4.78, 5) is 4.37. The Kier molecular flexibility index (Phi) is 2.77. The van der Waals surface area contributed by atoms with Gasteiger partial charge in [0.1, 0.15) is 5.52 Å². The molecule has 0 bridgehead atoms. The number of aromatic nitrogens is 1. The molecule has 1 fully saturated rings. The van der Waals surface area contributed by atoms with Crippen LogP contribution in [0.5, 0.6) is 0 Å². The van der Waals surface area contributed by atoms with Crippen molar-refractivity contribution < 1.29 is 5.11 Å². The third-order valence-electron chi connectivity index (χ3n) is 3.99. The molecule has 0 radical (unpaired) electrons. The number of halogens is 1. The normalized spacial score (nSPS) is 26.0. The molecule has 2 N–H and O–H groups in total. The van der Waals surface area contributed by atoms with E-state index in [0.717, 1.165) is 22.3 Å². The number of nitrogens with one attached hydrogen (secondary N) is 1. The highest BCUT2D eigenvalue weighted by molar-refractivity contribution is 7.16. The Labute approximate surface area is 115 Å². The fourth-order valence-electron chi connectivity index (χ4n) is 2.37. The zero-order valence-corrected chi connectivity index (χ0v) is 11.8. The van der Waals surface area contributed by atoms with E-state index >= 15 is 0 Å². The number of anilines is 1. The first kappa shape index (κ1) is 12.2. The van der Waals surface area contributed by atoms with Crippen LogP contribution in [0.4, 0.5) is 5.69 Å². The van der Waals surface area contributed by atoms with Gasteiger partial charge in [0, 0.05) is 11.5 Å². The van der Waals surface area contributed by atoms with Crippen molar-refractivity contribution in [3.8, 4) is 0 Å². The van der Waals surface area contributed by atoms with Gasteiger partial charge in [0.05, 0.1) is 27.0 Å². The lowest BCUT2D eigenvalue weighted by atomic mass is 9.64. The molecule has 1 saturated carbocycles. The number of hydrogen-bond acceptors (Lipinski definition) is 4. The van der Waals surface area contributed by atoms with Crippen LogP contribution >= 0.6 is 22.9 Å². The van der Waals surface area contributed by atoms with Crippen LogP contribution in [-0.2, 0) is 0 Å². The second-order valence-electron chi connectivity index (χ2n) is 5.39. The van der Waals surface area contributed by atoms with Crippen LogP contribution in [0.3, 0.4) is 0 Å². The smallest absolute Gasteiger partial charge is 0.106 e. The lowest BCUT2D eigenvalue weighted by Crippen LogP contribution is -2.56. The van der Waals surface area contributed by atoms with Gasteiger partial charge in [-0.25, -0.2) is 4.98 Å². The minimum atomic E-state index is -0.247. The number of benzene rings is 1. The molecule has 0 spiro atoms. The summed E-state index contributed by atoms with van der Waals surface area (Å²) in [6, 6.07) is 4.12. The first-order valence-electron chi connectivity index (χ1n) is 5.96. The molecule has 5 heteroatoms. The predicted molar refractivity (Wildman–Crippen MR) is 76.4 cm³/mol. The van der Waals surface area contributed by atoms with Crippen LogP contribution < -0.4 is 5.32 Å². The topological polar surface area (TPSA) is 45.1 Å². The Morgan fingerprint density at radius 2 is 2.28 bits per heavy atom. The third-order valence-corrected chi connectivity index (χ3v) is 5.10. The van der Waals surface area contributed by atoms with Crippen molar-refractivity contribution in [2.75, 3.05) is 5.32 Å². The number of fused-ring (bicyclic) bond motifs is 1. The summed E-state index contributed by atoms with van der Waals surface area (Å²) in [6.45, 7) is 4.13. The largest absolute Gasteiger partial charge is 0.392 e. The maximum atomic E-state index is 9.78. The molecule has 0 amide bonds. The molecule has 1 aromatic carbocycles. The maximum Gasteiger partial charge on any atom is 0.106 e. The molecule has 0 saturated heterocycles. The summed E-state index contributed by atoms with van der Waals surface area (Å²) in [5.41, 5.74) is 3.51. The van der Waals surface area contributed by atoms with E-state index in [1.165, 1.54) is 0 Å². The van der Waals surface area contributed by atoms with Gasteiger partial charge in [-0.05, 0) is 18.6 Å². The zero-order chi connectivity index (χ0) is 12.9. The van der Waals surface area contributed by atoms with Gasteiger partial charge in [0.25, 0.3) is 0 Å². The number of aliphatic hydroxyl groups is 1. The summed E-state index contributed by atoms with van der Waals surface area (Å²) in [5.74, 6) is 0. The van der Waals surface area contributed by atoms with E-state index in [-0.39, 0.29) is 17.6 Å². The number of thiazole rings is 1. The standard InChI is InChI=1S/C13H15ClN2OS/c1-13(2)9(5-10(13)17)16-11-7(14)3-4-8-12(11)15-6-18-8/h3-4,6,9-10,16-17H,5H2,1-2H3. The van der Waals surface area contributed by atoms with Crippen molar-refractivity contribution >= 4 is 38.8 Å². The summed E-state index contributed by atoms with van der Waals surface area (Å²) < 4.78 is 1.12. The second kappa shape index (κ2) is 4.08. The van der Waals surface area contributed by atoms with Crippen LogP contribution in [0.25, 0.3) is 10.2 Å². The molecule has 1 aromatic heterocycles. The minimum absolute atomic E-state index is 0.123. The van der Waals surface area contributed by atoms with Crippen LogP contribution in [-0.4, -0.2) is 22.2 Å². The highest BCUT2D eigenvalue weighted by Gasteiger charge is 2.47. The summed E-state index contributed by atoms with van der Waals surface area (Å²) >= 11 is 7.86. The van der Waals surface area contributed by atoms with Gasteiger partial charge in [-0.2, -0.15) is 0 Å². The van der Waals surface area contributed by atoms with E-state index in [9.17, 15) is 5.11 Å². The van der Waals surface area contributed by atoms with E-state index in [0.29, 0.717) is 5.02 Å². The van der Waals surface area contributed by atoms with Gasteiger partial charge in [-0.1, -0.05) is 25.4 Å². The highest BCUT2D eigenvalue weighted by atomic mass is 35.5. The maximum absolute atomic E-state index is 9.78. The van der Waals surface area contributed by atoms with Gasteiger partial charge in [0.15, 0.2) is 0 Å². The number of hydrogen-bond donors (Lipinski definition) is 2. The van der Waals surface area contributed by atoms with E-state index in [1.807, 2.05) is 17.6 Å². The molecule has 3 rings (SSSR count). The molecule has 1 aliphatic carbocycles. The number of nitrogens with zero attached hydrogens (tertiary/aromatic N) is 1. The fraction of sp³-hybridized carbons (Fsp3) is 0.462. The molecule has 18 heavy (non-hydrogen) atoms. The number of aliphatic hydroxyl groups excluding tert-OH is 1. The van der Waals surface area contributed by atoms with Gasteiger partial charge >= 0.3 is 0 Å². The first-order valence-corrected chi connectivity index (χ1v) is 7.22. The molecule has 3 nitrogen and oxygen atoms in total. The molecule has 1 aliphatic rings. The second-order valence-corrected chi connectivity index (χ2v) is 6.68. The zero-order valence-electron chi connectivity index (χ0n) is 10.3. The molecular weight excluding hydrogens is 268 g/mol. The van der Waals surface area contributed by atoms with Crippen molar-refractivity contribution in [1.29, 1.82) is 0 Å². The number of rotatable bonds is 2. The van der Waals surface area contributed by atoms with Crippen molar-refractivity contribution in [3.63, 3.8) is 0 Å².